The molecule has 3 rings (SSSR count). The lowest BCUT2D eigenvalue weighted by Gasteiger charge is -2.06. The maximum Gasteiger partial charge on any atom is 0.271 e. The summed E-state index contributed by atoms with van der Waals surface area (Å²) in [4.78, 5) is 16.4. The molecule has 0 atom stereocenters. The van der Waals surface area contributed by atoms with Crippen LogP contribution in [0.3, 0.4) is 0 Å². The van der Waals surface area contributed by atoms with Crippen LogP contribution in [0.4, 0.5) is 4.39 Å². The van der Waals surface area contributed by atoms with Crippen molar-refractivity contribution in [1.82, 2.24) is 9.55 Å². The summed E-state index contributed by atoms with van der Waals surface area (Å²) in [7, 11) is 0. The molecule has 3 aromatic rings. The van der Waals surface area contributed by atoms with Crippen LogP contribution in [0.15, 0.2) is 45.2 Å². The molecular weight excluding hydrogens is 331 g/mol. The van der Waals surface area contributed by atoms with Gasteiger partial charge in [-0.1, -0.05) is 22.0 Å². The highest BCUT2D eigenvalue weighted by Gasteiger charge is 2.08. The van der Waals surface area contributed by atoms with E-state index in [1.165, 1.54) is 28.3 Å². The van der Waals surface area contributed by atoms with Crippen molar-refractivity contribution in [3.63, 3.8) is 0 Å². The van der Waals surface area contributed by atoms with Gasteiger partial charge in [0.25, 0.3) is 5.56 Å². The van der Waals surface area contributed by atoms with E-state index in [9.17, 15) is 9.18 Å². The van der Waals surface area contributed by atoms with Crippen LogP contribution in [0, 0.1) is 5.82 Å². The summed E-state index contributed by atoms with van der Waals surface area (Å²) < 4.78 is 16.5. The minimum Gasteiger partial charge on any atom is -0.293 e. The second kappa shape index (κ2) is 4.86. The molecule has 96 valence electrons. The molecule has 0 N–H and O–H groups in total. The molecule has 6 heteroatoms. The van der Waals surface area contributed by atoms with Gasteiger partial charge in [-0.05, 0) is 23.6 Å². The van der Waals surface area contributed by atoms with Gasteiger partial charge in [-0.3, -0.25) is 9.36 Å². The normalized spacial score (nSPS) is 11.1. The predicted molar refractivity (Wildman–Crippen MR) is 77.1 cm³/mol. The highest BCUT2D eigenvalue weighted by Crippen LogP contribution is 2.17. The molecule has 19 heavy (non-hydrogen) atoms. The number of aromatic nitrogens is 2. The number of nitrogens with zero attached hydrogens (tertiary/aromatic N) is 2. The van der Waals surface area contributed by atoms with Crippen molar-refractivity contribution >= 4 is 37.5 Å². The van der Waals surface area contributed by atoms with E-state index in [0.717, 1.165) is 0 Å². The van der Waals surface area contributed by atoms with Gasteiger partial charge in [-0.15, -0.1) is 11.3 Å². The van der Waals surface area contributed by atoms with Gasteiger partial charge in [0.1, 0.15) is 10.5 Å². The summed E-state index contributed by atoms with van der Waals surface area (Å²) in [6.07, 6.45) is 1.46. The number of thiophene rings is 1. The smallest absolute Gasteiger partial charge is 0.271 e. The summed E-state index contributed by atoms with van der Waals surface area (Å²) in [6.45, 7) is 0.179. The van der Waals surface area contributed by atoms with Crippen molar-refractivity contribution in [2.24, 2.45) is 0 Å². The van der Waals surface area contributed by atoms with Crippen LogP contribution >= 0.6 is 27.3 Å². The molecule has 1 aromatic carbocycles. The lowest BCUT2D eigenvalue weighted by atomic mass is 10.2. The van der Waals surface area contributed by atoms with Crippen molar-refractivity contribution in [3.8, 4) is 0 Å². The Balaban J connectivity index is 2.05. The van der Waals surface area contributed by atoms with Crippen LogP contribution in [0.5, 0.6) is 0 Å². The molecule has 2 heterocycles. The minimum absolute atomic E-state index is 0.137. The number of rotatable bonds is 2. The third kappa shape index (κ3) is 2.33. The molecule has 0 aliphatic carbocycles. The monoisotopic (exact) mass is 338 g/mol. The fraction of sp³-hybridized carbons (Fsp3) is 0.0769. The maximum absolute atomic E-state index is 13.8. The molecule has 0 fully saturated rings. The number of hydrogen-bond acceptors (Lipinski definition) is 3. The first-order chi connectivity index (χ1) is 9.15. The lowest BCUT2D eigenvalue weighted by molar-refractivity contribution is 0.594. The molecule has 0 unspecified atom stereocenters. The van der Waals surface area contributed by atoms with Crippen LogP contribution in [0.2, 0.25) is 0 Å². The Kier molecular flexibility index (Phi) is 3.20. The minimum atomic E-state index is -0.340. The van der Waals surface area contributed by atoms with Gasteiger partial charge in [0.15, 0.2) is 0 Å². The maximum atomic E-state index is 13.8. The Labute approximate surface area is 120 Å². The molecule has 0 saturated heterocycles. The fourth-order valence-electron chi connectivity index (χ4n) is 1.83. The van der Waals surface area contributed by atoms with Gasteiger partial charge in [-0.25, -0.2) is 9.37 Å². The van der Waals surface area contributed by atoms with Crippen LogP contribution in [0.25, 0.3) is 10.2 Å². The zero-order valence-electron chi connectivity index (χ0n) is 9.64. The Morgan fingerprint density at radius 1 is 1.37 bits per heavy atom. The highest BCUT2D eigenvalue weighted by molar-refractivity contribution is 9.10. The number of halogens is 2. The van der Waals surface area contributed by atoms with Gasteiger partial charge in [0.05, 0.1) is 18.4 Å². The summed E-state index contributed by atoms with van der Waals surface area (Å²) in [5.74, 6) is -0.340. The highest BCUT2D eigenvalue weighted by atomic mass is 79.9. The van der Waals surface area contributed by atoms with Crippen molar-refractivity contribution < 1.29 is 4.39 Å². The van der Waals surface area contributed by atoms with Gasteiger partial charge in [-0.2, -0.15) is 0 Å². The largest absolute Gasteiger partial charge is 0.293 e. The predicted octanol–water partition coefficient (Wildman–Crippen LogP) is 3.41. The SMILES string of the molecule is O=c1c2sccc2ncn1Cc1ccc(Br)cc1F. The number of fused-ring (bicyclic) bond motifs is 1. The van der Waals surface area contributed by atoms with Crippen molar-refractivity contribution in [1.29, 1.82) is 0 Å². The molecule has 3 nitrogen and oxygen atoms in total. The van der Waals surface area contributed by atoms with Gasteiger partial charge >= 0.3 is 0 Å². The van der Waals surface area contributed by atoms with E-state index in [1.54, 1.807) is 18.2 Å². The Bertz CT molecular complexity index is 812. The van der Waals surface area contributed by atoms with Crippen molar-refractivity contribution in [2.75, 3.05) is 0 Å². The van der Waals surface area contributed by atoms with Crippen molar-refractivity contribution in [2.45, 2.75) is 6.54 Å². The molecule has 0 radical (unpaired) electrons. The fourth-order valence-corrected chi connectivity index (χ4v) is 2.95. The Morgan fingerprint density at radius 3 is 3.00 bits per heavy atom. The van der Waals surface area contributed by atoms with E-state index < -0.39 is 0 Å². The van der Waals surface area contributed by atoms with E-state index in [2.05, 4.69) is 20.9 Å². The molecule has 0 spiro atoms. The Hall–Kier alpha value is -1.53. The van der Waals surface area contributed by atoms with Crippen LogP contribution in [-0.4, -0.2) is 9.55 Å². The first-order valence-electron chi connectivity index (χ1n) is 5.52. The van der Waals surface area contributed by atoms with Gasteiger partial charge in [0.2, 0.25) is 0 Å². The van der Waals surface area contributed by atoms with E-state index in [1.807, 2.05) is 5.38 Å². The molecule has 0 saturated carbocycles. The average Bonchev–Trinajstić information content (AvgIpc) is 2.85. The van der Waals surface area contributed by atoms with E-state index in [-0.39, 0.29) is 17.9 Å². The third-order valence-electron chi connectivity index (χ3n) is 2.79. The molecular formula is C13H8BrFN2OS. The second-order valence-electron chi connectivity index (χ2n) is 4.05. The average molecular weight is 339 g/mol. The topological polar surface area (TPSA) is 34.9 Å². The molecule has 0 aliphatic heterocycles. The second-order valence-corrected chi connectivity index (χ2v) is 5.88. The van der Waals surface area contributed by atoms with Crippen LogP contribution in [-0.2, 0) is 6.54 Å². The Morgan fingerprint density at radius 2 is 2.21 bits per heavy atom. The molecule has 2 aromatic heterocycles. The zero-order valence-corrected chi connectivity index (χ0v) is 12.0. The quantitative estimate of drug-likeness (QED) is 0.717. The third-order valence-corrected chi connectivity index (χ3v) is 4.18. The zero-order chi connectivity index (χ0) is 13.4. The van der Waals surface area contributed by atoms with E-state index in [0.29, 0.717) is 20.3 Å². The van der Waals surface area contributed by atoms with Crippen LogP contribution in [0.1, 0.15) is 5.56 Å². The summed E-state index contributed by atoms with van der Waals surface area (Å²) in [5, 5.41) is 1.82. The first-order valence-corrected chi connectivity index (χ1v) is 7.19. The summed E-state index contributed by atoms with van der Waals surface area (Å²) in [5.41, 5.74) is 1.01. The van der Waals surface area contributed by atoms with E-state index in [4.69, 9.17) is 0 Å². The molecule has 0 bridgehead atoms. The van der Waals surface area contributed by atoms with Crippen molar-refractivity contribution in [3.05, 3.63) is 62.2 Å². The van der Waals surface area contributed by atoms with Gasteiger partial charge < -0.3 is 0 Å². The number of benzene rings is 1. The lowest BCUT2D eigenvalue weighted by Crippen LogP contribution is -2.20. The van der Waals surface area contributed by atoms with Gasteiger partial charge in [0, 0.05) is 10.0 Å². The summed E-state index contributed by atoms with van der Waals surface area (Å²) >= 11 is 4.55. The first kappa shape index (κ1) is 12.5. The standard InChI is InChI=1S/C13H8BrFN2OS/c14-9-2-1-8(10(15)5-9)6-17-7-16-11-3-4-19-12(11)13(17)18/h1-5,7H,6H2. The molecule has 0 aliphatic rings. The van der Waals surface area contributed by atoms with Crippen LogP contribution < -0.4 is 5.56 Å². The summed E-state index contributed by atoms with van der Waals surface area (Å²) in [6, 6.07) is 6.59. The number of hydrogen-bond donors (Lipinski definition) is 0. The molecule has 0 amide bonds. The van der Waals surface area contributed by atoms with E-state index >= 15 is 0 Å².